The summed E-state index contributed by atoms with van der Waals surface area (Å²) in [6.45, 7) is 4.38. The second kappa shape index (κ2) is 7.80. The summed E-state index contributed by atoms with van der Waals surface area (Å²) in [6, 6.07) is 9.99. The Hall–Kier alpha value is -2.51. The highest BCUT2D eigenvalue weighted by Gasteiger charge is 2.12. The summed E-state index contributed by atoms with van der Waals surface area (Å²) in [4.78, 5) is 29.5. The molecule has 0 saturated carbocycles. The van der Waals surface area contributed by atoms with Crippen LogP contribution in [0.15, 0.2) is 41.2 Å². The maximum Gasteiger partial charge on any atom is 0.266 e. The Morgan fingerprint density at radius 1 is 1.23 bits per heavy atom. The highest BCUT2D eigenvalue weighted by Crippen LogP contribution is 2.27. The van der Waals surface area contributed by atoms with Crippen LogP contribution in [0.3, 0.4) is 0 Å². The first-order chi connectivity index (χ1) is 12.5. The Morgan fingerprint density at radius 2 is 2.00 bits per heavy atom. The zero-order valence-corrected chi connectivity index (χ0v) is 15.9. The molecule has 0 aliphatic rings. The van der Waals surface area contributed by atoms with E-state index in [9.17, 15) is 9.59 Å². The zero-order valence-electron chi connectivity index (χ0n) is 14.3. The number of hydrogen-bond donors (Lipinski definition) is 1. The number of aryl methyl sites for hydroxylation is 2. The van der Waals surface area contributed by atoms with Crippen molar-refractivity contribution in [2.45, 2.75) is 20.4 Å². The molecule has 134 valence electrons. The van der Waals surface area contributed by atoms with Crippen molar-refractivity contribution in [3.8, 4) is 10.6 Å². The number of aromatic nitrogens is 3. The first-order valence-electron chi connectivity index (χ1n) is 8.01. The molecule has 3 aromatic rings. The van der Waals surface area contributed by atoms with Crippen molar-refractivity contribution in [1.82, 2.24) is 20.1 Å². The average molecular weight is 389 g/mol. The van der Waals surface area contributed by atoms with Gasteiger partial charge in [-0.25, -0.2) is 9.67 Å². The van der Waals surface area contributed by atoms with E-state index in [1.165, 1.54) is 22.1 Å². The van der Waals surface area contributed by atoms with E-state index in [4.69, 9.17) is 11.6 Å². The van der Waals surface area contributed by atoms with Gasteiger partial charge in [0.15, 0.2) is 0 Å². The van der Waals surface area contributed by atoms with Gasteiger partial charge in [-0.3, -0.25) is 9.59 Å². The van der Waals surface area contributed by atoms with Crippen molar-refractivity contribution >= 4 is 28.8 Å². The first kappa shape index (κ1) is 18.3. The topological polar surface area (TPSA) is 76.9 Å². The van der Waals surface area contributed by atoms with E-state index in [0.717, 1.165) is 15.6 Å². The van der Waals surface area contributed by atoms with Crippen LogP contribution in [0, 0.1) is 13.8 Å². The van der Waals surface area contributed by atoms with Crippen LogP contribution in [-0.2, 0) is 6.54 Å². The van der Waals surface area contributed by atoms with Crippen LogP contribution in [-0.4, -0.2) is 27.2 Å². The standard InChI is InChI=1S/C18H17ClN4O2S/c1-11-17(26-12(2)21-11)15-7-8-16(24)23(22-15)10-9-20-18(25)13-5-3-4-6-14(13)19/h3-8H,9-10H2,1-2H3,(H,20,25). The summed E-state index contributed by atoms with van der Waals surface area (Å²) in [5, 5.41) is 8.49. The Balaban J connectivity index is 1.71. The molecule has 0 radical (unpaired) electrons. The molecular weight excluding hydrogens is 372 g/mol. The molecule has 0 fully saturated rings. The van der Waals surface area contributed by atoms with E-state index < -0.39 is 0 Å². The van der Waals surface area contributed by atoms with E-state index in [-0.39, 0.29) is 24.6 Å². The van der Waals surface area contributed by atoms with Crippen LogP contribution >= 0.6 is 22.9 Å². The van der Waals surface area contributed by atoms with Crippen LogP contribution < -0.4 is 10.9 Å². The molecule has 0 spiro atoms. The zero-order chi connectivity index (χ0) is 18.7. The molecule has 1 aromatic carbocycles. The van der Waals surface area contributed by atoms with Gasteiger partial charge in [0.05, 0.1) is 32.7 Å². The molecule has 2 aromatic heterocycles. The van der Waals surface area contributed by atoms with Gasteiger partial charge in [0.2, 0.25) is 0 Å². The quantitative estimate of drug-likeness (QED) is 0.728. The average Bonchev–Trinajstić information content (AvgIpc) is 2.95. The molecule has 0 saturated heterocycles. The van der Waals surface area contributed by atoms with Crippen LogP contribution in [0.4, 0.5) is 0 Å². The molecule has 26 heavy (non-hydrogen) atoms. The minimum atomic E-state index is -0.284. The number of nitrogens with zero attached hydrogens (tertiary/aromatic N) is 3. The number of nitrogens with one attached hydrogen (secondary N) is 1. The molecule has 1 N–H and O–H groups in total. The van der Waals surface area contributed by atoms with E-state index >= 15 is 0 Å². The lowest BCUT2D eigenvalue weighted by molar-refractivity contribution is 0.0952. The van der Waals surface area contributed by atoms with Gasteiger partial charge < -0.3 is 5.32 Å². The Morgan fingerprint density at radius 3 is 2.69 bits per heavy atom. The van der Waals surface area contributed by atoms with E-state index in [2.05, 4.69) is 15.4 Å². The predicted octanol–water partition coefficient (Wildman–Crippen LogP) is 3.07. The SMILES string of the molecule is Cc1nc(C)c(-c2ccc(=O)n(CCNC(=O)c3ccccc3Cl)n2)s1. The van der Waals surface area contributed by atoms with Gasteiger partial charge in [0.1, 0.15) is 5.69 Å². The third-order valence-electron chi connectivity index (χ3n) is 3.73. The molecule has 8 heteroatoms. The highest BCUT2D eigenvalue weighted by atomic mass is 35.5. The number of hydrogen-bond acceptors (Lipinski definition) is 5. The minimum Gasteiger partial charge on any atom is -0.350 e. The molecule has 0 atom stereocenters. The van der Waals surface area contributed by atoms with Gasteiger partial charge in [0, 0.05) is 12.6 Å². The number of rotatable bonds is 5. The van der Waals surface area contributed by atoms with Crippen molar-refractivity contribution < 1.29 is 4.79 Å². The lowest BCUT2D eigenvalue weighted by Crippen LogP contribution is -2.32. The number of benzene rings is 1. The molecule has 6 nitrogen and oxygen atoms in total. The molecule has 0 aliphatic heterocycles. The third kappa shape index (κ3) is 4.00. The van der Waals surface area contributed by atoms with Crippen molar-refractivity contribution in [1.29, 1.82) is 0 Å². The predicted molar refractivity (Wildman–Crippen MR) is 103 cm³/mol. The second-order valence-corrected chi connectivity index (χ2v) is 7.27. The smallest absolute Gasteiger partial charge is 0.266 e. The normalized spacial score (nSPS) is 10.7. The maximum atomic E-state index is 12.2. The summed E-state index contributed by atoms with van der Waals surface area (Å²) in [6.07, 6.45) is 0. The summed E-state index contributed by atoms with van der Waals surface area (Å²) >= 11 is 7.55. The monoisotopic (exact) mass is 388 g/mol. The molecule has 0 unspecified atom stereocenters. The molecule has 0 bridgehead atoms. The van der Waals surface area contributed by atoms with E-state index in [1.807, 2.05) is 13.8 Å². The van der Waals surface area contributed by atoms with Gasteiger partial charge in [0.25, 0.3) is 11.5 Å². The number of carbonyl (C=O) groups is 1. The van der Waals surface area contributed by atoms with Gasteiger partial charge in [-0.05, 0) is 32.0 Å². The van der Waals surface area contributed by atoms with E-state index in [0.29, 0.717) is 16.3 Å². The number of amides is 1. The molecular formula is C18H17ClN4O2S. The summed E-state index contributed by atoms with van der Waals surface area (Å²) in [7, 11) is 0. The van der Waals surface area contributed by atoms with Gasteiger partial charge >= 0.3 is 0 Å². The Labute approximate surface area is 159 Å². The molecule has 2 heterocycles. The third-order valence-corrected chi connectivity index (χ3v) is 5.16. The van der Waals surface area contributed by atoms with Crippen molar-refractivity contribution in [2.24, 2.45) is 0 Å². The lowest BCUT2D eigenvalue weighted by atomic mass is 10.2. The van der Waals surface area contributed by atoms with E-state index in [1.54, 1.807) is 30.3 Å². The fourth-order valence-corrected chi connectivity index (χ4v) is 3.62. The van der Waals surface area contributed by atoms with Crippen molar-refractivity contribution in [3.05, 3.63) is 68.0 Å². The van der Waals surface area contributed by atoms with Gasteiger partial charge in [-0.2, -0.15) is 5.10 Å². The van der Waals surface area contributed by atoms with Crippen molar-refractivity contribution in [2.75, 3.05) is 6.54 Å². The second-order valence-electron chi connectivity index (χ2n) is 5.66. The number of carbonyl (C=O) groups excluding carboxylic acids is 1. The van der Waals surface area contributed by atoms with Crippen LogP contribution in [0.5, 0.6) is 0 Å². The lowest BCUT2D eigenvalue weighted by Gasteiger charge is -2.09. The fraction of sp³-hybridized carbons (Fsp3) is 0.222. The van der Waals surface area contributed by atoms with Crippen molar-refractivity contribution in [3.63, 3.8) is 0 Å². The maximum absolute atomic E-state index is 12.2. The van der Waals surface area contributed by atoms with Gasteiger partial charge in [-0.1, -0.05) is 23.7 Å². The molecule has 3 rings (SSSR count). The number of halogens is 1. The highest BCUT2D eigenvalue weighted by molar-refractivity contribution is 7.15. The Bertz CT molecular complexity index is 1010. The number of thiazole rings is 1. The largest absolute Gasteiger partial charge is 0.350 e. The summed E-state index contributed by atoms with van der Waals surface area (Å²) < 4.78 is 1.34. The van der Waals surface area contributed by atoms with Gasteiger partial charge in [-0.15, -0.1) is 11.3 Å². The fourth-order valence-electron chi connectivity index (χ4n) is 2.52. The summed E-state index contributed by atoms with van der Waals surface area (Å²) in [5.74, 6) is -0.284. The summed E-state index contributed by atoms with van der Waals surface area (Å²) in [5.41, 5.74) is 1.76. The van der Waals surface area contributed by atoms with Crippen LogP contribution in [0.25, 0.3) is 10.6 Å². The Kier molecular flexibility index (Phi) is 5.49. The van der Waals surface area contributed by atoms with Crippen LogP contribution in [0.2, 0.25) is 5.02 Å². The molecule has 0 aliphatic carbocycles. The minimum absolute atomic E-state index is 0.223. The van der Waals surface area contributed by atoms with Crippen LogP contribution in [0.1, 0.15) is 21.1 Å². The molecule has 1 amide bonds. The first-order valence-corrected chi connectivity index (χ1v) is 9.20.